The van der Waals surface area contributed by atoms with Crippen LogP contribution in [0.3, 0.4) is 0 Å². The molecule has 23 heavy (non-hydrogen) atoms. The number of ether oxygens (including phenoxy) is 2. The number of amides is 2. The molecule has 136 valence electrons. The predicted octanol–water partition coefficient (Wildman–Crippen LogP) is 2.40. The van der Waals surface area contributed by atoms with Crippen LogP contribution in [0.25, 0.3) is 0 Å². The standard InChI is InChI=1S/C16H33N3O4/c1-11(9-18-13(20)22-15(3,4)5)17-10-12(2)19-14(21)23-16(6,7)8/h11-12,17H,9-10H2,1-8H3,(H,18,20)(H,19,21). The summed E-state index contributed by atoms with van der Waals surface area (Å²) in [6.45, 7) is 15.7. The summed E-state index contributed by atoms with van der Waals surface area (Å²) in [5.74, 6) is 0. The molecule has 0 rings (SSSR count). The highest BCUT2D eigenvalue weighted by Gasteiger charge is 2.18. The number of hydrogen-bond donors (Lipinski definition) is 3. The number of hydrogen-bond acceptors (Lipinski definition) is 5. The van der Waals surface area contributed by atoms with E-state index in [1.807, 2.05) is 55.4 Å². The molecule has 0 aromatic carbocycles. The molecule has 0 aromatic heterocycles. The second-order valence-corrected chi connectivity index (χ2v) is 7.74. The lowest BCUT2D eigenvalue weighted by Crippen LogP contribution is -2.47. The van der Waals surface area contributed by atoms with Gasteiger partial charge in [-0.15, -0.1) is 0 Å². The molecule has 0 saturated carbocycles. The van der Waals surface area contributed by atoms with Crippen molar-refractivity contribution in [3.63, 3.8) is 0 Å². The summed E-state index contributed by atoms with van der Waals surface area (Å²) < 4.78 is 10.4. The molecule has 0 aromatic rings. The van der Waals surface area contributed by atoms with Crippen molar-refractivity contribution in [2.75, 3.05) is 13.1 Å². The molecule has 7 nitrogen and oxygen atoms in total. The van der Waals surface area contributed by atoms with Gasteiger partial charge in [0, 0.05) is 25.2 Å². The summed E-state index contributed by atoms with van der Waals surface area (Å²) in [5, 5.41) is 8.68. The van der Waals surface area contributed by atoms with Gasteiger partial charge in [0.2, 0.25) is 0 Å². The van der Waals surface area contributed by atoms with Crippen LogP contribution in [0, 0.1) is 0 Å². The SMILES string of the molecule is CC(CNC(=O)OC(C)(C)C)NCC(C)NC(=O)OC(C)(C)C. The van der Waals surface area contributed by atoms with Gasteiger partial charge in [-0.3, -0.25) is 0 Å². The highest BCUT2D eigenvalue weighted by Crippen LogP contribution is 2.07. The second-order valence-electron chi connectivity index (χ2n) is 7.74. The molecular weight excluding hydrogens is 298 g/mol. The van der Waals surface area contributed by atoms with Crippen molar-refractivity contribution in [3.05, 3.63) is 0 Å². The normalized spacial score (nSPS) is 14.6. The minimum absolute atomic E-state index is 0.0467. The molecule has 0 bridgehead atoms. The molecule has 0 aliphatic carbocycles. The van der Waals surface area contributed by atoms with Crippen molar-refractivity contribution < 1.29 is 19.1 Å². The summed E-state index contributed by atoms with van der Waals surface area (Å²) >= 11 is 0. The third-order valence-corrected chi connectivity index (χ3v) is 2.49. The summed E-state index contributed by atoms with van der Waals surface area (Å²) in [6, 6.07) is -0.0424. The first kappa shape index (κ1) is 21.5. The molecular formula is C16H33N3O4. The zero-order valence-electron chi connectivity index (χ0n) is 15.7. The first-order valence-corrected chi connectivity index (χ1v) is 7.98. The molecule has 2 atom stereocenters. The van der Waals surface area contributed by atoms with Crippen molar-refractivity contribution in [2.45, 2.75) is 78.7 Å². The van der Waals surface area contributed by atoms with Crippen molar-refractivity contribution in [1.82, 2.24) is 16.0 Å². The van der Waals surface area contributed by atoms with Crippen LogP contribution in [-0.2, 0) is 9.47 Å². The first-order chi connectivity index (χ1) is 10.3. The quantitative estimate of drug-likeness (QED) is 0.695. The number of alkyl carbamates (subject to hydrolysis) is 2. The van der Waals surface area contributed by atoms with Crippen LogP contribution in [0.2, 0.25) is 0 Å². The van der Waals surface area contributed by atoms with E-state index in [-0.39, 0.29) is 12.1 Å². The summed E-state index contributed by atoms with van der Waals surface area (Å²) in [5.41, 5.74) is -1.02. The minimum atomic E-state index is -0.512. The van der Waals surface area contributed by atoms with Crippen LogP contribution in [0.15, 0.2) is 0 Å². The molecule has 0 aliphatic rings. The molecule has 7 heteroatoms. The number of carbonyl (C=O) groups is 2. The van der Waals surface area contributed by atoms with Gasteiger partial charge in [0.05, 0.1) is 0 Å². The number of carbonyl (C=O) groups excluding carboxylic acids is 2. The Balaban J connectivity index is 3.94. The van der Waals surface area contributed by atoms with Crippen molar-refractivity contribution in [3.8, 4) is 0 Å². The van der Waals surface area contributed by atoms with E-state index >= 15 is 0 Å². The van der Waals surface area contributed by atoms with Gasteiger partial charge >= 0.3 is 12.2 Å². The summed E-state index contributed by atoms with van der Waals surface area (Å²) in [7, 11) is 0. The molecule has 0 spiro atoms. The Bertz CT molecular complexity index is 386. The molecule has 0 fully saturated rings. The Hall–Kier alpha value is -1.50. The fourth-order valence-electron chi connectivity index (χ4n) is 1.56. The van der Waals surface area contributed by atoms with Gasteiger partial charge in [0.15, 0.2) is 0 Å². The molecule has 0 aliphatic heterocycles. The topological polar surface area (TPSA) is 88.7 Å². The van der Waals surface area contributed by atoms with E-state index in [2.05, 4.69) is 16.0 Å². The highest BCUT2D eigenvalue weighted by molar-refractivity contribution is 5.68. The molecule has 2 amide bonds. The van der Waals surface area contributed by atoms with E-state index in [1.165, 1.54) is 0 Å². The van der Waals surface area contributed by atoms with Crippen LogP contribution in [-0.4, -0.2) is 48.6 Å². The zero-order valence-corrected chi connectivity index (χ0v) is 15.7. The van der Waals surface area contributed by atoms with E-state index in [9.17, 15) is 9.59 Å². The lowest BCUT2D eigenvalue weighted by Gasteiger charge is -2.23. The van der Waals surface area contributed by atoms with E-state index in [1.54, 1.807) is 0 Å². The maximum atomic E-state index is 11.6. The Morgan fingerprint density at radius 2 is 1.30 bits per heavy atom. The van der Waals surface area contributed by atoms with Crippen molar-refractivity contribution in [1.29, 1.82) is 0 Å². The van der Waals surface area contributed by atoms with Crippen molar-refractivity contribution in [2.24, 2.45) is 0 Å². The lowest BCUT2D eigenvalue weighted by atomic mass is 10.2. The molecule has 0 heterocycles. The fraction of sp³-hybridized carbons (Fsp3) is 0.875. The van der Waals surface area contributed by atoms with Gasteiger partial charge < -0.3 is 25.4 Å². The van der Waals surface area contributed by atoms with Crippen LogP contribution in [0.1, 0.15) is 55.4 Å². The van der Waals surface area contributed by atoms with Gasteiger partial charge in [0.25, 0.3) is 0 Å². The third kappa shape index (κ3) is 13.9. The van der Waals surface area contributed by atoms with Gasteiger partial charge in [-0.1, -0.05) is 0 Å². The van der Waals surface area contributed by atoms with E-state index in [0.717, 1.165) is 0 Å². The largest absolute Gasteiger partial charge is 0.444 e. The minimum Gasteiger partial charge on any atom is -0.444 e. The van der Waals surface area contributed by atoms with Crippen LogP contribution < -0.4 is 16.0 Å². The van der Waals surface area contributed by atoms with Crippen LogP contribution >= 0.6 is 0 Å². The Kier molecular flexibility index (Phi) is 8.37. The van der Waals surface area contributed by atoms with Crippen LogP contribution in [0.5, 0.6) is 0 Å². The zero-order chi connectivity index (χ0) is 18.3. The van der Waals surface area contributed by atoms with Gasteiger partial charge in [-0.2, -0.15) is 0 Å². The highest BCUT2D eigenvalue weighted by atomic mass is 16.6. The second kappa shape index (κ2) is 8.96. The number of nitrogens with one attached hydrogen (secondary N) is 3. The summed E-state index contributed by atoms with van der Waals surface area (Å²) in [4.78, 5) is 23.2. The van der Waals surface area contributed by atoms with Gasteiger partial charge in [-0.25, -0.2) is 9.59 Å². The molecule has 0 radical (unpaired) electrons. The average molecular weight is 331 g/mol. The lowest BCUT2D eigenvalue weighted by molar-refractivity contribution is 0.0506. The number of rotatable bonds is 6. The molecule has 2 unspecified atom stereocenters. The smallest absolute Gasteiger partial charge is 0.407 e. The van der Waals surface area contributed by atoms with Crippen LogP contribution in [0.4, 0.5) is 9.59 Å². The fourth-order valence-corrected chi connectivity index (χ4v) is 1.56. The first-order valence-electron chi connectivity index (χ1n) is 7.98. The molecule has 3 N–H and O–H groups in total. The Morgan fingerprint density at radius 1 is 0.826 bits per heavy atom. The Morgan fingerprint density at radius 3 is 1.78 bits per heavy atom. The van der Waals surface area contributed by atoms with E-state index in [0.29, 0.717) is 13.1 Å². The maximum Gasteiger partial charge on any atom is 0.407 e. The monoisotopic (exact) mass is 331 g/mol. The van der Waals surface area contributed by atoms with Crippen molar-refractivity contribution >= 4 is 12.2 Å². The average Bonchev–Trinajstić information content (AvgIpc) is 2.29. The third-order valence-electron chi connectivity index (χ3n) is 2.49. The molecule has 0 saturated heterocycles. The van der Waals surface area contributed by atoms with Gasteiger partial charge in [0.1, 0.15) is 11.2 Å². The summed E-state index contributed by atoms with van der Waals surface area (Å²) in [6.07, 6.45) is -0.877. The van der Waals surface area contributed by atoms with E-state index in [4.69, 9.17) is 9.47 Å². The van der Waals surface area contributed by atoms with Gasteiger partial charge in [-0.05, 0) is 55.4 Å². The predicted molar refractivity (Wildman–Crippen MR) is 90.5 cm³/mol. The maximum absolute atomic E-state index is 11.6. The Labute approximate surface area is 139 Å². The van der Waals surface area contributed by atoms with E-state index < -0.39 is 23.4 Å².